The molecule has 1 N–H and O–H groups in total. The van der Waals surface area contributed by atoms with Gasteiger partial charge in [-0.2, -0.15) is 17.2 Å². The van der Waals surface area contributed by atoms with Crippen molar-refractivity contribution in [3.63, 3.8) is 0 Å². The molecule has 0 aliphatic heterocycles. The van der Waals surface area contributed by atoms with Gasteiger partial charge in [0.2, 0.25) is 46.0 Å². The summed E-state index contributed by atoms with van der Waals surface area (Å²) in [5.74, 6) is -0.589. The summed E-state index contributed by atoms with van der Waals surface area (Å²) in [6.07, 6.45) is 1.74. The molecule has 6 rings (SSSR count). The van der Waals surface area contributed by atoms with Crippen LogP contribution >= 0.6 is 0 Å². The fraction of sp³-hybridized carbons (Fsp3) is 0.441. The summed E-state index contributed by atoms with van der Waals surface area (Å²) in [5, 5.41) is 2.86. The summed E-state index contributed by atoms with van der Waals surface area (Å²) in [5.41, 5.74) is 10.5. The van der Waals surface area contributed by atoms with Gasteiger partial charge in [-0.3, -0.25) is 9.59 Å². The third kappa shape index (κ3) is 17.9. The quantitative estimate of drug-likeness (QED) is 0.0311. The van der Waals surface area contributed by atoms with Crippen molar-refractivity contribution < 1.29 is 48.0 Å². The standard InChI is InChI=1S/C68H91N5O11S4/c1-48-39-52(5)65(53(6)40-48)85(76,77)70(32-21-31-69-63(74)29-19-20-30-64(75)84-13)33-22-34-71(86(78,79)66-54(7)41-49(2)42-55(66)8)35-23-36-72(87(80,81)67-56(9)43-50(3)44-57(67)10)37-24-38-73(88(82,83)68-58(11)45-51(4)46-59(68)12)47-61-27-17-18-28-62(61)60-25-15-14-16-26-60/h14-18,25-28,39-46H,19-24,29-38,47H2,1-13H3,(H,69,74). The highest BCUT2D eigenvalue weighted by molar-refractivity contribution is 7.90. The van der Waals surface area contributed by atoms with Gasteiger partial charge in [0.1, 0.15) is 0 Å². The van der Waals surface area contributed by atoms with Crippen LogP contribution in [0.3, 0.4) is 0 Å². The number of benzene rings is 6. The van der Waals surface area contributed by atoms with Crippen LogP contribution in [-0.2, 0) is 61.0 Å². The van der Waals surface area contributed by atoms with Crippen LogP contribution < -0.4 is 5.32 Å². The molecule has 0 radical (unpaired) electrons. The molecule has 16 nitrogen and oxygen atoms in total. The monoisotopic (exact) mass is 1280 g/mol. The number of sulfonamides is 4. The van der Waals surface area contributed by atoms with Gasteiger partial charge in [0.15, 0.2) is 0 Å². The second kappa shape index (κ2) is 31.1. The molecule has 0 saturated heterocycles. The highest BCUT2D eigenvalue weighted by atomic mass is 32.2. The Kier molecular flexibility index (Phi) is 25.1. The Morgan fingerprint density at radius 1 is 0.386 bits per heavy atom. The Morgan fingerprint density at radius 2 is 0.693 bits per heavy atom. The van der Waals surface area contributed by atoms with E-state index in [2.05, 4.69) is 5.32 Å². The maximum absolute atomic E-state index is 15.3. The minimum absolute atomic E-state index is 0.00581. The number of rotatable bonds is 32. The van der Waals surface area contributed by atoms with Crippen molar-refractivity contribution in [1.29, 1.82) is 0 Å². The van der Waals surface area contributed by atoms with Crippen molar-refractivity contribution in [2.24, 2.45) is 0 Å². The maximum atomic E-state index is 15.3. The van der Waals surface area contributed by atoms with Crippen LogP contribution in [-0.4, -0.2) is 122 Å². The van der Waals surface area contributed by atoms with Crippen molar-refractivity contribution in [2.45, 2.75) is 161 Å². The van der Waals surface area contributed by atoms with Gasteiger partial charge in [-0.1, -0.05) is 125 Å². The number of carbonyl (C=O) groups excluding carboxylic acids is 2. The van der Waals surface area contributed by atoms with Gasteiger partial charge < -0.3 is 10.1 Å². The largest absolute Gasteiger partial charge is 0.469 e. The van der Waals surface area contributed by atoms with Crippen molar-refractivity contribution in [3.8, 4) is 11.1 Å². The zero-order valence-corrected chi connectivity index (χ0v) is 57.0. The Labute approximate surface area is 525 Å². The number of aryl methyl sites for hydroxylation is 12. The van der Waals surface area contributed by atoms with Crippen molar-refractivity contribution in [2.75, 3.05) is 59.5 Å². The molecular weight excluding hydrogens is 1190 g/mol. The normalized spacial score (nSPS) is 12.4. The third-order valence-electron chi connectivity index (χ3n) is 15.9. The molecule has 1 amide bonds. The van der Waals surface area contributed by atoms with Crippen molar-refractivity contribution in [1.82, 2.24) is 22.5 Å². The molecule has 0 atom stereocenters. The Balaban J connectivity index is 1.33. The lowest BCUT2D eigenvalue weighted by atomic mass is 10.00. The third-order valence-corrected chi connectivity index (χ3v) is 24.6. The first kappa shape index (κ1) is 71.0. The van der Waals surface area contributed by atoms with Crippen molar-refractivity contribution in [3.05, 3.63) is 175 Å². The zero-order valence-electron chi connectivity index (χ0n) is 53.7. The Morgan fingerprint density at radius 3 is 1.06 bits per heavy atom. The van der Waals surface area contributed by atoms with E-state index in [0.29, 0.717) is 57.3 Å². The SMILES string of the molecule is COC(=O)CCCCC(=O)NCCCN(CCCN(CCCN(CCCN(Cc1ccccc1-c1ccccc1)S(=O)(=O)c1c(C)cc(C)cc1C)S(=O)(=O)c1c(C)cc(C)cc1C)S(=O)(=O)c1c(C)cc(C)cc1C)S(=O)(=O)c1c(C)cc(C)cc1C. The van der Waals surface area contributed by atoms with E-state index in [1.807, 2.05) is 107 Å². The van der Waals surface area contributed by atoms with E-state index in [0.717, 1.165) is 38.9 Å². The molecule has 0 bridgehead atoms. The fourth-order valence-corrected chi connectivity index (χ4v) is 20.1. The summed E-state index contributed by atoms with van der Waals surface area (Å²) in [6.45, 7) is 21.1. The van der Waals surface area contributed by atoms with Crippen LogP contribution in [0, 0.1) is 83.1 Å². The predicted octanol–water partition coefficient (Wildman–Crippen LogP) is 11.7. The first-order valence-corrected chi connectivity index (χ1v) is 36.0. The molecule has 0 saturated carbocycles. The number of esters is 1. The smallest absolute Gasteiger partial charge is 0.305 e. The number of methoxy groups -OCH3 is 1. The molecule has 0 unspecified atom stereocenters. The van der Waals surface area contributed by atoms with Crippen LogP contribution in [0.25, 0.3) is 11.1 Å². The van der Waals surface area contributed by atoms with Crippen molar-refractivity contribution >= 4 is 52.0 Å². The average molecular weight is 1280 g/mol. The predicted molar refractivity (Wildman–Crippen MR) is 350 cm³/mol. The number of nitrogens with one attached hydrogen (secondary N) is 1. The lowest BCUT2D eigenvalue weighted by Crippen LogP contribution is -2.41. The summed E-state index contributed by atoms with van der Waals surface area (Å²) >= 11 is 0. The minimum atomic E-state index is -4.32. The average Bonchev–Trinajstić information content (AvgIpc) is 3.12. The highest BCUT2D eigenvalue weighted by Crippen LogP contribution is 2.33. The number of ether oxygens (including phenoxy) is 1. The van der Waals surface area contributed by atoms with Gasteiger partial charge in [0, 0.05) is 71.7 Å². The molecule has 20 heteroatoms. The van der Waals surface area contributed by atoms with Gasteiger partial charge in [0.05, 0.1) is 26.7 Å². The van der Waals surface area contributed by atoms with Gasteiger partial charge in [0.25, 0.3) is 0 Å². The molecule has 6 aromatic carbocycles. The number of carbonyl (C=O) groups is 2. The molecule has 0 spiro atoms. The minimum Gasteiger partial charge on any atom is -0.469 e. The first-order chi connectivity index (χ1) is 41.4. The molecule has 478 valence electrons. The summed E-state index contributed by atoms with van der Waals surface area (Å²) in [7, 11) is -15.7. The molecule has 88 heavy (non-hydrogen) atoms. The lowest BCUT2D eigenvalue weighted by molar-refractivity contribution is -0.140. The summed E-state index contributed by atoms with van der Waals surface area (Å²) in [6, 6.07) is 31.9. The molecular formula is C68H91N5O11S4. The van der Waals surface area contributed by atoms with E-state index < -0.39 is 40.1 Å². The number of nitrogens with zero attached hydrogens (tertiary/aromatic N) is 4. The van der Waals surface area contributed by atoms with Gasteiger partial charge in [-0.15, -0.1) is 0 Å². The van der Waals surface area contributed by atoms with E-state index in [-0.39, 0.29) is 129 Å². The highest BCUT2D eigenvalue weighted by Gasteiger charge is 2.34. The van der Waals surface area contributed by atoms with E-state index in [1.165, 1.54) is 24.3 Å². The van der Waals surface area contributed by atoms with E-state index in [4.69, 9.17) is 4.74 Å². The van der Waals surface area contributed by atoms with Gasteiger partial charge in [-0.25, -0.2) is 33.7 Å². The molecule has 0 aromatic heterocycles. The molecule has 0 heterocycles. The summed E-state index contributed by atoms with van der Waals surface area (Å²) < 4.78 is 131. The van der Waals surface area contributed by atoms with Crippen LogP contribution in [0.4, 0.5) is 0 Å². The fourth-order valence-electron chi connectivity index (χ4n) is 12.4. The van der Waals surface area contributed by atoms with Crippen LogP contribution in [0.2, 0.25) is 0 Å². The molecule has 6 aromatic rings. The number of unbranched alkanes of at least 4 members (excludes halogenated alkanes) is 1. The zero-order chi connectivity index (χ0) is 64.9. The first-order valence-electron chi connectivity index (χ1n) is 30.2. The topological polar surface area (TPSA) is 205 Å². The molecule has 0 aliphatic carbocycles. The molecule has 0 fully saturated rings. The van der Waals surface area contributed by atoms with E-state index >= 15 is 25.3 Å². The number of amides is 1. The lowest BCUT2D eigenvalue weighted by Gasteiger charge is -2.29. The van der Waals surface area contributed by atoms with E-state index in [9.17, 15) is 18.0 Å². The van der Waals surface area contributed by atoms with Gasteiger partial charge >= 0.3 is 5.97 Å². The van der Waals surface area contributed by atoms with Crippen LogP contribution in [0.1, 0.15) is 124 Å². The second-order valence-corrected chi connectivity index (χ2v) is 31.0. The Hall–Kier alpha value is -6.10. The summed E-state index contributed by atoms with van der Waals surface area (Å²) in [4.78, 5) is 24.9. The van der Waals surface area contributed by atoms with Crippen LogP contribution in [0.15, 0.2) is 123 Å². The Bertz CT molecular complexity index is 3840. The van der Waals surface area contributed by atoms with Gasteiger partial charge in [-0.05, 0) is 183 Å². The van der Waals surface area contributed by atoms with Crippen LogP contribution in [0.5, 0.6) is 0 Å². The second-order valence-electron chi connectivity index (χ2n) is 23.5. The number of hydrogen-bond acceptors (Lipinski definition) is 11. The number of hydrogen-bond donors (Lipinski definition) is 1. The molecule has 0 aliphatic rings. The maximum Gasteiger partial charge on any atom is 0.305 e. The van der Waals surface area contributed by atoms with E-state index in [1.54, 1.807) is 79.7 Å².